The fourth-order valence-electron chi connectivity index (χ4n) is 4.75. The number of nitrogens with one attached hydrogen (secondary N) is 1. The molecular formula is C26H28FN5O4S. The molecule has 0 saturated carbocycles. The number of rotatable bonds is 8. The van der Waals surface area contributed by atoms with Gasteiger partial charge in [-0.15, -0.1) is 0 Å². The van der Waals surface area contributed by atoms with Crippen molar-refractivity contribution in [1.29, 1.82) is 0 Å². The molecule has 5 rings (SSSR count). The maximum Gasteiger partial charge on any atom is 0.341 e. The first-order valence-electron chi connectivity index (χ1n) is 12.2. The van der Waals surface area contributed by atoms with Crippen LogP contribution in [-0.4, -0.2) is 80.2 Å². The SMILES string of the molecule is CCn1cc(C(=O)O)c(=O)c2cc(F)c(N3CCN(CC(O)CSc4nc5ccccc5[nH]4)CC3)cc21. The number of halogens is 1. The Hall–Kier alpha value is -3.41. The Morgan fingerprint density at radius 1 is 1.22 bits per heavy atom. The zero-order chi connectivity index (χ0) is 26.1. The fourth-order valence-corrected chi connectivity index (χ4v) is 5.55. The molecule has 11 heteroatoms. The van der Waals surface area contributed by atoms with Crippen molar-refractivity contribution >= 4 is 45.4 Å². The summed E-state index contributed by atoms with van der Waals surface area (Å²) in [6, 6.07) is 10.6. The number of carboxylic acid groups (broad SMARTS) is 1. The highest BCUT2D eigenvalue weighted by Gasteiger charge is 2.23. The number of aromatic carboxylic acids is 1. The molecule has 1 saturated heterocycles. The van der Waals surface area contributed by atoms with Crippen LogP contribution in [0.5, 0.6) is 0 Å². The van der Waals surface area contributed by atoms with Gasteiger partial charge in [0.05, 0.1) is 28.3 Å². The van der Waals surface area contributed by atoms with E-state index in [-0.39, 0.29) is 10.9 Å². The number of aromatic nitrogens is 3. The van der Waals surface area contributed by atoms with Gasteiger partial charge in [0.2, 0.25) is 5.43 Å². The second-order valence-electron chi connectivity index (χ2n) is 9.10. The summed E-state index contributed by atoms with van der Waals surface area (Å²) >= 11 is 1.48. The van der Waals surface area contributed by atoms with Gasteiger partial charge in [0, 0.05) is 56.6 Å². The molecule has 0 aliphatic carbocycles. The first-order valence-corrected chi connectivity index (χ1v) is 13.2. The van der Waals surface area contributed by atoms with Crippen LogP contribution in [0.4, 0.5) is 10.1 Å². The van der Waals surface area contributed by atoms with Crippen molar-refractivity contribution in [3.8, 4) is 0 Å². The fraction of sp³-hybridized carbons (Fsp3) is 0.346. The molecule has 0 radical (unpaired) electrons. The van der Waals surface area contributed by atoms with Crippen molar-refractivity contribution in [2.75, 3.05) is 43.4 Å². The molecule has 9 nitrogen and oxygen atoms in total. The first kappa shape index (κ1) is 25.2. The summed E-state index contributed by atoms with van der Waals surface area (Å²) in [5, 5.41) is 20.8. The summed E-state index contributed by atoms with van der Waals surface area (Å²) in [6.07, 6.45) is 0.779. The quantitative estimate of drug-likeness (QED) is 0.301. The number of β-amino-alcohol motifs (C(OH)–C–C–N with tert-alkyl or cyclic N) is 1. The number of carboxylic acids is 1. The number of para-hydroxylation sites is 2. The third kappa shape index (κ3) is 5.20. The summed E-state index contributed by atoms with van der Waals surface area (Å²) in [5.74, 6) is -1.37. The molecule has 1 fully saturated rings. The van der Waals surface area contributed by atoms with Gasteiger partial charge in [-0.05, 0) is 31.2 Å². The summed E-state index contributed by atoms with van der Waals surface area (Å²) < 4.78 is 16.8. The second kappa shape index (κ2) is 10.5. The smallest absolute Gasteiger partial charge is 0.341 e. The number of benzene rings is 2. The van der Waals surface area contributed by atoms with E-state index in [1.807, 2.05) is 36.1 Å². The number of nitrogens with zero attached hydrogens (tertiary/aromatic N) is 4. The van der Waals surface area contributed by atoms with Gasteiger partial charge in [0.25, 0.3) is 0 Å². The Labute approximate surface area is 216 Å². The van der Waals surface area contributed by atoms with Crippen molar-refractivity contribution in [3.63, 3.8) is 0 Å². The summed E-state index contributed by atoms with van der Waals surface area (Å²) in [7, 11) is 0. The minimum Gasteiger partial charge on any atom is -0.477 e. The number of hydrogen-bond donors (Lipinski definition) is 3. The molecule has 2 aromatic heterocycles. The van der Waals surface area contributed by atoms with Crippen LogP contribution in [0, 0.1) is 5.82 Å². The van der Waals surface area contributed by atoms with Gasteiger partial charge in [-0.2, -0.15) is 0 Å². The predicted octanol–water partition coefficient (Wildman–Crippen LogP) is 3.01. The van der Waals surface area contributed by atoms with E-state index >= 15 is 4.39 Å². The number of aryl methyl sites for hydroxylation is 1. The van der Waals surface area contributed by atoms with Crippen LogP contribution < -0.4 is 10.3 Å². The van der Waals surface area contributed by atoms with Gasteiger partial charge in [-0.25, -0.2) is 14.2 Å². The van der Waals surface area contributed by atoms with E-state index < -0.39 is 23.3 Å². The lowest BCUT2D eigenvalue weighted by Crippen LogP contribution is -2.49. The Morgan fingerprint density at radius 2 is 1.97 bits per heavy atom. The van der Waals surface area contributed by atoms with Gasteiger partial charge >= 0.3 is 5.97 Å². The molecule has 1 aliphatic rings. The van der Waals surface area contributed by atoms with E-state index in [1.165, 1.54) is 18.0 Å². The zero-order valence-corrected chi connectivity index (χ0v) is 21.2. The minimum atomic E-state index is -1.33. The lowest BCUT2D eigenvalue weighted by atomic mass is 10.1. The normalized spacial score (nSPS) is 15.5. The standard InChI is InChI=1S/C26H28FN5O4S/c1-2-31-14-18(25(35)36)24(34)17-11-19(27)23(12-22(17)31)32-9-7-30(8-10-32)13-16(33)15-37-26-28-20-5-3-4-6-21(20)29-26/h3-6,11-12,14,16,33H,2,7-10,13,15H2,1H3,(H,28,29)(H,35,36). The van der Waals surface area contributed by atoms with Gasteiger partial charge in [0.1, 0.15) is 11.4 Å². The number of carbonyl (C=O) groups is 1. The van der Waals surface area contributed by atoms with Crippen molar-refractivity contribution in [2.24, 2.45) is 0 Å². The number of aromatic amines is 1. The van der Waals surface area contributed by atoms with Crippen LogP contribution in [-0.2, 0) is 6.54 Å². The summed E-state index contributed by atoms with van der Waals surface area (Å²) in [4.78, 5) is 35.9. The third-order valence-corrected chi connectivity index (χ3v) is 7.70. The van der Waals surface area contributed by atoms with Gasteiger partial charge in [-0.1, -0.05) is 23.9 Å². The maximum absolute atomic E-state index is 15.1. The molecule has 3 heterocycles. The highest BCUT2D eigenvalue weighted by atomic mass is 32.2. The largest absolute Gasteiger partial charge is 0.477 e. The van der Waals surface area contributed by atoms with Gasteiger partial charge < -0.3 is 24.7 Å². The lowest BCUT2D eigenvalue weighted by Gasteiger charge is -2.37. The number of imidazole rings is 1. The van der Waals surface area contributed by atoms with Crippen molar-refractivity contribution in [3.05, 3.63) is 64.2 Å². The first-order chi connectivity index (χ1) is 17.8. The number of anilines is 1. The molecule has 1 unspecified atom stereocenters. The number of pyridine rings is 1. The van der Waals surface area contributed by atoms with Gasteiger partial charge in [-0.3, -0.25) is 9.69 Å². The Kier molecular flexibility index (Phi) is 7.18. The monoisotopic (exact) mass is 525 g/mol. The number of aliphatic hydroxyl groups is 1. The maximum atomic E-state index is 15.1. The van der Waals surface area contributed by atoms with E-state index in [9.17, 15) is 19.8 Å². The molecule has 3 N–H and O–H groups in total. The highest BCUT2D eigenvalue weighted by Crippen LogP contribution is 2.27. The molecule has 194 valence electrons. The lowest BCUT2D eigenvalue weighted by molar-refractivity contribution is 0.0694. The Morgan fingerprint density at radius 3 is 2.68 bits per heavy atom. The average molecular weight is 526 g/mol. The van der Waals surface area contributed by atoms with Crippen LogP contribution >= 0.6 is 11.8 Å². The molecule has 37 heavy (non-hydrogen) atoms. The number of H-pyrrole nitrogens is 1. The third-order valence-electron chi connectivity index (χ3n) is 6.68. The molecule has 2 aromatic carbocycles. The van der Waals surface area contributed by atoms with E-state index in [1.54, 1.807) is 10.6 Å². The topological polar surface area (TPSA) is 115 Å². The van der Waals surface area contributed by atoms with E-state index in [4.69, 9.17) is 0 Å². The number of hydrogen-bond acceptors (Lipinski definition) is 7. The zero-order valence-electron chi connectivity index (χ0n) is 20.4. The average Bonchev–Trinajstić information content (AvgIpc) is 3.31. The van der Waals surface area contributed by atoms with Crippen molar-refractivity contribution in [2.45, 2.75) is 24.7 Å². The van der Waals surface area contributed by atoms with Crippen LogP contribution in [0.15, 0.2) is 52.5 Å². The summed E-state index contributed by atoms with van der Waals surface area (Å²) in [5.41, 5.74) is 1.71. The second-order valence-corrected chi connectivity index (χ2v) is 10.1. The number of thioether (sulfide) groups is 1. The number of fused-ring (bicyclic) bond motifs is 2. The summed E-state index contributed by atoms with van der Waals surface area (Å²) in [6.45, 7) is 5.24. The molecule has 4 aromatic rings. The van der Waals surface area contributed by atoms with Crippen LogP contribution in [0.3, 0.4) is 0 Å². The number of aliphatic hydroxyl groups excluding tert-OH is 1. The predicted molar refractivity (Wildman–Crippen MR) is 142 cm³/mol. The van der Waals surface area contributed by atoms with Crippen LogP contribution in [0.1, 0.15) is 17.3 Å². The van der Waals surface area contributed by atoms with E-state index in [0.29, 0.717) is 56.2 Å². The van der Waals surface area contributed by atoms with Crippen LogP contribution in [0.25, 0.3) is 21.9 Å². The molecule has 0 amide bonds. The van der Waals surface area contributed by atoms with Gasteiger partial charge in [0.15, 0.2) is 5.16 Å². The molecular weight excluding hydrogens is 497 g/mol. The Balaban J connectivity index is 1.22. The minimum absolute atomic E-state index is 0.0618. The van der Waals surface area contributed by atoms with Crippen LogP contribution in [0.2, 0.25) is 0 Å². The van der Waals surface area contributed by atoms with E-state index in [2.05, 4.69) is 14.9 Å². The highest BCUT2D eigenvalue weighted by molar-refractivity contribution is 7.99. The Bertz CT molecular complexity index is 1480. The van der Waals surface area contributed by atoms with E-state index in [0.717, 1.165) is 22.3 Å². The van der Waals surface area contributed by atoms with Crippen molar-refractivity contribution < 1.29 is 19.4 Å². The molecule has 0 bridgehead atoms. The number of piperazine rings is 1. The molecule has 1 atom stereocenters. The molecule has 0 spiro atoms. The molecule has 1 aliphatic heterocycles. The van der Waals surface area contributed by atoms with Crippen molar-refractivity contribution in [1.82, 2.24) is 19.4 Å².